The second-order valence-corrected chi connectivity index (χ2v) is 8.61. The Hall–Kier alpha value is -0.530. The largest absolute Gasteiger partial charge is 0.462 e. The lowest BCUT2D eigenvalue weighted by atomic mass is 9.55. The fourth-order valence-corrected chi connectivity index (χ4v) is 6.82. The van der Waals surface area contributed by atoms with Gasteiger partial charge in [-0.1, -0.05) is 6.42 Å². The number of rotatable bonds is 2. The number of esters is 1. The molecule has 3 atom stereocenters. The molecular formula is C18H26O2. The van der Waals surface area contributed by atoms with Gasteiger partial charge in [-0.15, -0.1) is 0 Å². The lowest BCUT2D eigenvalue weighted by Gasteiger charge is -2.53. The van der Waals surface area contributed by atoms with Crippen molar-refractivity contribution in [2.75, 3.05) is 0 Å². The van der Waals surface area contributed by atoms with E-state index in [1.165, 1.54) is 51.4 Å². The van der Waals surface area contributed by atoms with E-state index in [1.54, 1.807) is 0 Å². The number of fused-ring (bicyclic) bond motifs is 2. The van der Waals surface area contributed by atoms with Gasteiger partial charge in [-0.25, -0.2) is 0 Å². The van der Waals surface area contributed by atoms with Crippen LogP contribution < -0.4 is 0 Å². The fourth-order valence-electron chi connectivity index (χ4n) is 6.82. The zero-order chi connectivity index (χ0) is 13.3. The van der Waals surface area contributed by atoms with Crippen LogP contribution in [0.1, 0.15) is 57.8 Å². The Labute approximate surface area is 121 Å². The molecule has 6 bridgehead atoms. The average Bonchev–Trinajstić information content (AvgIpc) is 3.04. The van der Waals surface area contributed by atoms with Crippen molar-refractivity contribution in [2.45, 2.75) is 63.9 Å². The van der Waals surface area contributed by atoms with Gasteiger partial charge in [0.2, 0.25) is 0 Å². The maximum absolute atomic E-state index is 12.6. The van der Waals surface area contributed by atoms with E-state index in [0.29, 0.717) is 23.9 Å². The molecule has 0 spiro atoms. The summed E-state index contributed by atoms with van der Waals surface area (Å²) in [5, 5.41) is 0. The minimum absolute atomic E-state index is 0.190. The second-order valence-electron chi connectivity index (χ2n) is 8.61. The maximum atomic E-state index is 12.6. The van der Waals surface area contributed by atoms with Crippen LogP contribution in [0.5, 0.6) is 0 Å². The molecule has 0 aromatic heterocycles. The monoisotopic (exact) mass is 274 g/mol. The van der Waals surface area contributed by atoms with Gasteiger partial charge in [-0.3, -0.25) is 4.79 Å². The van der Waals surface area contributed by atoms with Crippen molar-refractivity contribution in [1.29, 1.82) is 0 Å². The Bertz CT molecular complexity index is 401. The molecule has 2 nitrogen and oxygen atoms in total. The summed E-state index contributed by atoms with van der Waals surface area (Å²) in [7, 11) is 0. The first kappa shape index (κ1) is 12.1. The summed E-state index contributed by atoms with van der Waals surface area (Å²) in [4.78, 5) is 12.6. The van der Waals surface area contributed by atoms with E-state index >= 15 is 0 Å². The first-order valence-electron chi connectivity index (χ1n) is 8.96. The summed E-state index contributed by atoms with van der Waals surface area (Å²) in [6.07, 6.45) is 12.3. The normalized spacial score (nSPS) is 55.4. The molecule has 6 aliphatic carbocycles. The van der Waals surface area contributed by atoms with E-state index in [1.807, 2.05) is 0 Å². The molecule has 110 valence electrons. The third kappa shape index (κ3) is 1.72. The Morgan fingerprint density at radius 2 is 1.35 bits per heavy atom. The first-order chi connectivity index (χ1) is 9.76. The first-order valence-corrected chi connectivity index (χ1v) is 8.96. The molecule has 2 heteroatoms. The third-order valence-electron chi connectivity index (χ3n) is 7.43. The van der Waals surface area contributed by atoms with Gasteiger partial charge in [0.15, 0.2) is 0 Å². The van der Waals surface area contributed by atoms with E-state index in [4.69, 9.17) is 4.74 Å². The zero-order valence-electron chi connectivity index (χ0n) is 12.3. The predicted molar refractivity (Wildman–Crippen MR) is 75.9 cm³/mol. The number of hydrogen-bond donors (Lipinski definition) is 0. The highest BCUT2D eigenvalue weighted by Crippen LogP contribution is 2.55. The van der Waals surface area contributed by atoms with Crippen LogP contribution in [0.2, 0.25) is 0 Å². The molecule has 6 aliphatic rings. The van der Waals surface area contributed by atoms with Crippen molar-refractivity contribution in [2.24, 2.45) is 41.4 Å². The highest BCUT2D eigenvalue weighted by Gasteiger charge is 2.51. The van der Waals surface area contributed by atoms with Crippen LogP contribution in [0.3, 0.4) is 0 Å². The number of carbonyl (C=O) groups is 1. The lowest BCUT2D eigenvalue weighted by Crippen LogP contribution is -2.50. The number of ether oxygens (including phenoxy) is 1. The van der Waals surface area contributed by atoms with Crippen molar-refractivity contribution < 1.29 is 9.53 Å². The SMILES string of the molecule is O=C(OC1C2CC3CC(C2)CC1C3)C1CC2CCC1C2. The Kier molecular flexibility index (Phi) is 2.56. The molecule has 0 heterocycles. The minimum atomic E-state index is 0.190. The van der Waals surface area contributed by atoms with Crippen LogP contribution in [-0.4, -0.2) is 12.1 Å². The van der Waals surface area contributed by atoms with Crippen LogP contribution in [0, 0.1) is 41.4 Å². The summed E-state index contributed by atoms with van der Waals surface area (Å²) in [6.45, 7) is 0. The highest BCUT2D eigenvalue weighted by atomic mass is 16.5. The molecule has 6 rings (SSSR count). The second kappa shape index (κ2) is 4.24. The van der Waals surface area contributed by atoms with Crippen LogP contribution in [-0.2, 0) is 9.53 Å². The molecule has 0 N–H and O–H groups in total. The molecule has 0 aromatic carbocycles. The fraction of sp³-hybridized carbons (Fsp3) is 0.944. The summed E-state index contributed by atoms with van der Waals surface area (Å²) < 4.78 is 6.12. The minimum Gasteiger partial charge on any atom is -0.462 e. The predicted octanol–water partition coefficient (Wildman–Crippen LogP) is 3.79. The van der Waals surface area contributed by atoms with Gasteiger partial charge in [0.1, 0.15) is 6.10 Å². The maximum Gasteiger partial charge on any atom is 0.309 e. The van der Waals surface area contributed by atoms with Crippen molar-refractivity contribution in [3.8, 4) is 0 Å². The van der Waals surface area contributed by atoms with E-state index in [9.17, 15) is 4.79 Å². The number of hydrogen-bond acceptors (Lipinski definition) is 2. The summed E-state index contributed by atoms with van der Waals surface area (Å²) in [6, 6.07) is 0. The van der Waals surface area contributed by atoms with Gasteiger partial charge >= 0.3 is 5.97 Å². The lowest BCUT2D eigenvalue weighted by molar-refractivity contribution is -0.177. The Morgan fingerprint density at radius 3 is 1.90 bits per heavy atom. The molecule has 20 heavy (non-hydrogen) atoms. The highest BCUT2D eigenvalue weighted by molar-refractivity contribution is 5.73. The Balaban J connectivity index is 1.29. The van der Waals surface area contributed by atoms with Crippen LogP contribution >= 0.6 is 0 Å². The topological polar surface area (TPSA) is 26.3 Å². The molecule has 0 aliphatic heterocycles. The standard InChI is InChI=1S/C18H26O2/c19-18(16-9-10-1-2-13(16)4-10)20-17-14-5-11-3-12(7-14)8-15(17)6-11/h10-17H,1-9H2. The van der Waals surface area contributed by atoms with Gasteiger partial charge < -0.3 is 4.74 Å². The van der Waals surface area contributed by atoms with Crippen LogP contribution in [0.15, 0.2) is 0 Å². The molecule has 0 amide bonds. The van der Waals surface area contributed by atoms with E-state index in [-0.39, 0.29) is 11.9 Å². The van der Waals surface area contributed by atoms with E-state index in [0.717, 1.165) is 24.2 Å². The zero-order valence-corrected chi connectivity index (χ0v) is 12.3. The van der Waals surface area contributed by atoms with Gasteiger partial charge in [-0.05, 0) is 86.9 Å². The smallest absolute Gasteiger partial charge is 0.309 e. The summed E-state index contributed by atoms with van der Waals surface area (Å²) in [5.41, 5.74) is 0. The van der Waals surface area contributed by atoms with Crippen molar-refractivity contribution in [3.63, 3.8) is 0 Å². The molecule has 6 fully saturated rings. The van der Waals surface area contributed by atoms with Gasteiger partial charge in [0.25, 0.3) is 0 Å². The molecule has 0 saturated heterocycles. The van der Waals surface area contributed by atoms with Crippen LogP contribution in [0.25, 0.3) is 0 Å². The molecule has 0 aromatic rings. The summed E-state index contributed by atoms with van der Waals surface area (Å²) in [5.74, 6) is 5.34. The summed E-state index contributed by atoms with van der Waals surface area (Å²) >= 11 is 0. The van der Waals surface area contributed by atoms with Gasteiger partial charge in [0, 0.05) is 0 Å². The molecule has 0 radical (unpaired) electrons. The van der Waals surface area contributed by atoms with Crippen molar-refractivity contribution in [3.05, 3.63) is 0 Å². The van der Waals surface area contributed by atoms with Crippen LogP contribution in [0.4, 0.5) is 0 Å². The van der Waals surface area contributed by atoms with Gasteiger partial charge in [0.05, 0.1) is 5.92 Å². The van der Waals surface area contributed by atoms with Crippen molar-refractivity contribution in [1.82, 2.24) is 0 Å². The molecule has 6 saturated carbocycles. The van der Waals surface area contributed by atoms with Gasteiger partial charge in [-0.2, -0.15) is 0 Å². The quantitative estimate of drug-likeness (QED) is 0.716. The third-order valence-corrected chi connectivity index (χ3v) is 7.43. The van der Waals surface area contributed by atoms with E-state index < -0.39 is 0 Å². The molecule has 3 unspecified atom stereocenters. The number of carbonyl (C=O) groups excluding carboxylic acids is 1. The van der Waals surface area contributed by atoms with Crippen molar-refractivity contribution >= 4 is 5.97 Å². The molecular weight excluding hydrogens is 248 g/mol. The van der Waals surface area contributed by atoms with E-state index in [2.05, 4.69) is 0 Å². The average molecular weight is 274 g/mol. The Morgan fingerprint density at radius 1 is 0.700 bits per heavy atom.